The Morgan fingerprint density at radius 3 is 3.27 bits per heavy atom. The van der Waals surface area contributed by atoms with Gasteiger partial charge in [-0.25, -0.2) is 0 Å². The molecule has 0 bridgehead atoms. The number of nitrogens with one attached hydrogen (secondary N) is 2. The van der Waals surface area contributed by atoms with E-state index in [2.05, 4.69) is 21.4 Å². The van der Waals surface area contributed by atoms with Crippen LogP contribution < -0.4 is 5.32 Å². The van der Waals surface area contributed by atoms with Crippen LogP contribution in [0.2, 0.25) is 0 Å². The quantitative estimate of drug-likeness (QED) is 0.732. The number of aromatic amines is 1. The van der Waals surface area contributed by atoms with Gasteiger partial charge in [0.2, 0.25) is 0 Å². The van der Waals surface area contributed by atoms with Crippen LogP contribution in [0.15, 0.2) is 24.5 Å². The maximum Gasteiger partial charge on any atom is 0.0740 e. The molecule has 15 heavy (non-hydrogen) atoms. The van der Waals surface area contributed by atoms with E-state index >= 15 is 0 Å². The van der Waals surface area contributed by atoms with Gasteiger partial charge >= 0.3 is 0 Å². The van der Waals surface area contributed by atoms with Gasteiger partial charge in [-0.2, -0.15) is 0 Å². The van der Waals surface area contributed by atoms with Crippen molar-refractivity contribution in [1.82, 2.24) is 15.3 Å². The van der Waals surface area contributed by atoms with Crippen molar-refractivity contribution in [2.24, 2.45) is 0 Å². The Balaban J connectivity index is 2.05. The van der Waals surface area contributed by atoms with Gasteiger partial charge < -0.3 is 15.0 Å². The van der Waals surface area contributed by atoms with Crippen LogP contribution in [-0.2, 0) is 4.74 Å². The highest BCUT2D eigenvalue weighted by Crippen LogP contribution is 2.22. The Morgan fingerprint density at radius 1 is 1.40 bits per heavy atom. The Bertz CT molecular complexity index is 460. The zero-order valence-corrected chi connectivity index (χ0v) is 8.36. The van der Waals surface area contributed by atoms with E-state index in [1.54, 1.807) is 0 Å². The highest BCUT2D eigenvalue weighted by molar-refractivity contribution is 5.81. The summed E-state index contributed by atoms with van der Waals surface area (Å²) in [5.74, 6) is 0. The summed E-state index contributed by atoms with van der Waals surface area (Å²) >= 11 is 0. The average molecular weight is 203 g/mol. The molecular formula is C11H13N3O. The molecule has 1 aliphatic heterocycles. The van der Waals surface area contributed by atoms with Crippen LogP contribution in [0.3, 0.4) is 0 Å². The summed E-state index contributed by atoms with van der Waals surface area (Å²) in [6.07, 6.45) is 3.78. The van der Waals surface area contributed by atoms with Crippen LogP contribution >= 0.6 is 0 Å². The van der Waals surface area contributed by atoms with Crippen LogP contribution in [-0.4, -0.2) is 29.7 Å². The molecule has 78 valence electrons. The number of pyridine rings is 1. The standard InChI is InChI=1S/C11H13N3O/c1-3-12-9-2-4-14-11(8(1)9)10-7-15-6-5-13-10/h1-4,10,12-13H,5-7H2. The van der Waals surface area contributed by atoms with Crippen molar-refractivity contribution in [3.8, 4) is 0 Å². The second-order valence-electron chi connectivity index (χ2n) is 3.72. The van der Waals surface area contributed by atoms with Gasteiger partial charge in [-0.15, -0.1) is 0 Å². The minimum Gasteiger partial charge on any atom is -0.378 e. The predicted octanol–water partition coefficient (Wildman–Crippen LogP) is 1.22. The first-order valence-corrected chi connectivity index (χ1v) is 5.18. The Morgan fingerprint density at radius 2 is 2.40 bits per heavy atom. The van der Waals surface area contributed by atoms with E-state index in [1.807, 2.05) is 18.5 Å². The van der Waals surface area contributed by atoms with Crippen molar-refractivity contribution in [2.75, 3.05) is 19.8 Å². The number of rotatable bonds is 1. The van der Waals surface area contributed by atoms with Crippen LogP contribution in [0, 0.1) is 0 Å². The van der Waals surface area contributed by atoms with Crippen LogP contribution in [0.5, 0.6) is 0 Å². The molecular weight excluding hydrogens is 190 g/mol. The van der Waals surface area contributed by atoms with Crippen LogP contribution in [0.25, 0.3) is 10.9 Å². The van der Waals surface area contributed by atoms with Gasteiger partial charge in [0.15, 0.2) is 0 Å². The third kappa shape index (κ3) is 1.52. The molecule has 3 rings (SSSR count). The maximum atomic E-state index is 5.45. The predicted molar refractivity (Wildman–Crippen MR) is 57.7 cm³/mol. The fourth-order valence-electron chi connectivity index (χ4n) is 2.02. The van der Waals surface area contributed by atoms with E-state index in [4.69, 9.17) is 4.74 Å². The van der Waals surface area contributed by atoms with Gasteiger partial charge in [0.25, 0.3) is 0 Å². The minimum absolute atomic E-state index is 0.221. The van der Waals surface area contributed by atoms with Crippen molar-refractivity contribution >= 4 is 10.9 Å². The second kappa shape index (κ2) is 3.64. The third-order valence-electron chi connectivity index (χ3n) is 2.76. The smallest absolute Gasteiger partial charge is 0.0740 e. The van der Waals surface area contributed by atoms with Gasteiger partial charge in [0.1, 0.15) is 0 Å². The number of hydrogen-bond donors (Lipinski definition) is 2. The molecule has 0 saturated carbocycles. The minimum atomic E-state index is 0.221. The molecule has 2 N–H and O–H groups in total. The van der Waals surface area contributed by atoms with Gasteiger partial charge in [-0.05, 0) is 12.1 Å². The first-order valence-electron chi connectivity index (χ1n) is 5.18. The van der Waals surface area contributed by atoms with E-state index in [1.165, 1.54) is 5.39 Å². The molecule has 4 nitrogen and oxygen atoms in total. The normalized spacial score (nSPS) is 22.0. The lowest BCUT2D eigenvalue weighted by Crippen LogP contribution is -2.35. The lowest BCUT2D eigenvalue weighted by Gasteiger charge is -2.23. The molecule has 1 saturated heterocycles. The van der Waals surface area contributed by atoms with Gasteiger partial charge in [0, 0.05) is 29.8 Å². The number of fused-ring (bicyclic) bond motifs is 1. The number of hydrogen-bond acceptors (Lipinski definition) is 3. The Hall–Kier alpha value is -1.39. The van der Waals surface area contributed by atoms with Crippen LogP contribution in [0.1, 0.15) is 11.7 Å². The maximum absolute atomic E-state index is 5.45. The topological polar surface area (TPSA) is 49.9 Å². The zero-order valence-electron chi connectivity index (χ0n) is 8.36. The van der Waals surface area contributed by atoms with Crippen molar-refractivity contribution < 1.29 is 4.74 Å². The van der Waals surface area contributed by atoms with E-state index in [-0.39, 0.29) is 6.04 Å². The van der Waals surface area contributed by atoms with Crippen molar-refractivity contribution in [3.63, 3.8) is 0 Å². The largest absolute Gasteiger partial charge is 0.378 e. The number of nitrogens with zero attached hydrogens (tertiary/aromatic N) is 1. The zero-order chi connectivity index (χ0) is 10.1. The molecule has 1 aliphatic rings. The lowest BCUT2D eigenvalue weighted by molar-refractivity contribution is 0.0761. The fourth-order valence-corrected chi connectivity index (χ4v) is 2.02. The summed E-state index contributed by atoms with van der Waals surface area (Å²) < 4.78 is 5.45. The van der Waals surface area contributed by atoms with E-state index < -0.39 is 0 Å². The fraction of sp³-hybridized carbons (Fsp3) is 0.364. The van der Waals surface area contributed by atoms with Crippen molar-refractivity contribution in [1.29, 1.82) is 0 Å². The molecule has 3 heterocycles. The summed E-state index contributed by atoms with van der Waals surface area (Å²) in [6, 6.07) is 4.27. The molecule has 1 atom stereocenters. The summed E-state index contributed by atoms with van der Waals surface area (Å²) in [7, 11) is 0. The average Bonchev–Trinajstić information content (AvgIpc) is 2.78. The van der Waals surface area contributed by atoms with E-state index in [0.717, 1.165) is 24.4 Å². The summed E-state index contributed by atoms with van der Waals surface area (Å²) in [5, 5.41) is 4.60. The Kier molecular flexibility index (Phi) is 2.16. The molecule has 1 fully saturated rings. The molecule has 0 aromatic carbocycles. The molecule has 4 heteroatoms. The lowest BCUT2D eigenvalue weighted by atomic mass is 10.1. The highest BCUT2D eigenvalue weighted by Gasteiger charge is 2.18. The molecule has 0 radical (unpaired) electrons. The number of ether oxygens (including phenoxy) is 1. The van der Waals surface area contributed by atoms with Gasteiger partial charge in [0.05, 0.1) is 24.9 Å². The molecule has 2 aromatic rings. The first-order chi connectivity index (χ1) is 7.45. The number of H-pyrrole nitrogens is 1. The van der Waals surface area contributed by atoms with Gasteiger partial charge in [-0.1, -0.05) is 0 Å². The van der Waals surface area contributed by atoms with Gasteiger partial charge in [-0.3, -0.25) is 4.98 Å². The van der Waals surface area contributed by atoms with Crippen molar-refractivity contribution in [3.05, 3.63) is 30.2 Å². The molecule has 0 amide bonds. The first kappa shape index (κ1) is 8.88. The summed E-state index contributed by atoms with van der Waals surface area (Å²) in [5.41, 5.74) is 2.21. The number of aromatic nitrogens is 2. The molecule has 2 aromatic heterocycles. The van der Waals surface area contributed by atoms with E-state index in [0.29, 0.717) is 6.61 Å². The molecule has 0 aliphatic carbocycles. The third-order valence-corrected chi connectivity index (χ3v) is 2.76. The SMILES string of the molecule is c1cc2[nH]ccc2c(C2COCCN2)n1. The Labute approximate surface area is 87.7 Å². The summed E-state index contributed by atoms with van der Waals surface area (Å²) in [4.78, 5) is 7.63. The van der Waals surface area contributed by atoms with Crippen LogP contribution in [0.4, 0.5) is 0 Å². The molecule has 0 spiro atoms. The monoisotopic (exact) mass is 203 g/mol. The molecule has 1 unspecified atom stereocenters. The highest BCUT2D eigenvalue weighted by atomic mass is 16.5. The second-order valence-corrected chi connectivity index (χ2v) is 3.72. The van der Waals surface area contributed by atoms with Crippen molar-refractivity contribution in [2.45, 2.75) is 6.04 Å². The summed E-state index contributed by atoms with van der Waals surface area (Å²) in [6.45, 7) is 2.39. The van der Waals surface area contributed by atoms with E-state index in [9.17, 15) is 0 Å². The number of morpholine rings is 1.